The quantitative estimate of drug-likeness (QED) is 0.101. The third kappa shape index (κ3) is 8.03. The minimum Gasteiger partial charge on any atom is -0.493 e. The molecule has 0 unspecified atom stereocenters. The molecule has 1 amide bonds. The molecule has 0 aliphatic carbocycles. The van der Waals surface area contributed by atoms with Crippen LogP contribution in [0.2, 0.25) is 0 Å². The Morgan fingerprint density at radius 2 is 1.54 bits per heavy atom. The number of rotatable bonds is 16. The fourth-order valence-electron chi connectivity index (χ4n) is 5.94. The van der Waals surface area contributed by atoms with Gasteiger partial charge in [0.15, 0.2) is 0 Å². The molecule has 8 nitrogen and oxygen atoms in total. The van der Waals surface area contributed by atoms with Crippen LogP contribution in [0.3, 0.4) is 0 Å². The molecule has 2 aromatic heterocycles. The van der Waals surface area contributed by atoms with E-state index < -0.39 is 0 Å². The molecule has 9 heteroatoms. The molecule has 1 atom stereocenters. The van der Waals surface area contributed by atoms with E-state index >= 15 is 0 Å². The van der Waals surface area contributed by atoms with Crippen LogP contribution in [0.4, 0.5) is 0 Å². The minimum absolute atomic E-state index is 0.0729. The first-order chi connectivity index (χ1) is 23.5. The summed E-state index contributed by atoms with van der Waals surface area (Å²) >= 11 is 1.43. The van der Waals surface area contributed by atoms with Crippen molar-refractivity contribution in [2.45, 2.75) is 58.7 Å². The Morgan fingerprint density at radius 3 is 2.19 bits per heavy atom. The topological polar surface area (TPSA) is 104 Å². The van der Waals surface area contributed by atoms with Crippen LogP contribution in [0.1, 0.15) is 54.9 Å². The number of nitrogens with zero attached hydrogens (tertiary/aromatic N) is 3. The van der Waals surface area contributed by atoms with Crippen molar-refractivity contribution in [1.29, 1.82) is 0 Å². The van der Waals surface area contributed by atoms with Crippen LogP contribution in [0.15, 0.2) is 96.5 Å². The third-order valence-electron chi connectivity index (χ3n) is 8.44. The van der Waals surface area contributed by atoms with Crippen LogP contribution in [0.25, 0.3) is 32.7 Å². The molecule has 0 bridgehead atoms. The maximum Gasteiger partial charge on any atom is 0.261 e. The summed E-state index contributed by atoms with van der Waals surface area (Å²) in [5.74, 6) is 2.05. The maximum absolute atomic E-state index is 12.8. The van der Waals surface area contributed by atoms with Crippen molar-refractivity contribution in [2.75, 3.05) is 13.2 Å². The normalized spacial score (nSPS) is 12.1. The summed E-state index contributed by atoms with van der Waals surface area (Å²) in [5.41, 5.74) is 8.46. The van der Waals surface area contributed by atoms with Gasteiger partial charge in [-0.1, -0.05) is 92.2 Å². The number of hydrogen-bond acceptors (Lipinski definition) is 7. The van der Waals surface area contributed by atoms with E-state index in [-0.39, 0.29) is 18.6 Å². The molecule has 0 radical (unpaired) electrons. The molecule has 6 aromatic rings. The van der Waals surface area contributed by atoms with E-state index in [2.05, 4.69) is 96.2 Å². The van der Waals surface area contributed by atoms with Gasteiger partial charge in [0, 0.05) is 17.2 Å². The van der Waals surface area contributed by atoms with Gasteiger partial charge in [0.05, 0.1) is 24.2 Å². The number of unbranched alkanes of at least 4 members (excludes halogenated alkanes) is 1. The van der Waals surface area contributed by atoms with E-state index in [1.165, 1.54) is 11.3 Å². The second-order valence-electron chi connectivity index (χ2n) is 12.5. The molecule has 0 fully saturated rings. The molecular weight excluding hydrogens is 619 g/mol. The van der Waals surface area contributed by atoms with E-state index in [9.17, 15) is 4.79 Å². The highest BCUT2D eigenvalue weighted by molar-refractivity contribution is 7.12. The lowest BCUT2D eigenvalue weighted by molar-refractivity contribution is 0.0933. The monoisotopic (exact) mass is 661 g/mol. The molecule has 48 heavy (non-hydrogen) atoms. The highest BCUT2D eigenvalue weighted by atomic mass is 32.1. The summed E-state index contributed by atoms with van der Waals surface area (Å²) in [5, 5.41) is 18.4. The summed E-state index contributed by atoms with van der Waals surface area (Å²) < 4.78 is 14.9. The smallest absolute Gasteiger partial charge is 0.261 e. The van der Waals surface area contributed by atoms with Gasteiger partial charge < -0.3 is 20.5 Å². The number of nitrogens with two attached hydrogens (primary N) is 1. The number of amides is 1. The molecular formula is C39H43N5O3S. The fraction of sp³-hybridized carbons (Fsp3) is 0.308. The Morgan fingerprint density at radius 1 is 0.854 bits per heavy atom. The van der Waals surface area contributed by atoms with Gasteiger partial charge in [-0.3, -0.25) is 9.48 Å². The van der Waals surface area contributed by atoms with Crippen LogP contribution >= 0.6 is 11.3 Å². The number of ether oxygens (including phenoxy) is 2. The Hall–Kier alpha value is -4.73. The Labute approximate surface area is 285 Å². The third-order valence-corrected chi connectivity index (χ3v) is 9.31. The van der Waals surface area contributed by atoms with E-state index in [1.54, 1.807) is 4.68 Å². The average molecular weight is 662 g/mol. The van der Waals surface area contributed by atoms with Crippen LogP contribution in [0, 0.1) is 5.92 Å². The van der Waals surface area contributed by atoms with Gasteiger partial charge in [0.1, 0.15) is 23.8 Å². The zero-order valence-electron chi connectivity index (χ0n) is 27.6. The first kappa shape index (κ1) is 33.2. The van der Waals surface area contributed by atoms with E-state index in [0.717, 1.165) is 69.9 Å². The highest BCUT2D eigenvalue weighted by Crippen LogP contribution is 2.45. The molecule has 248 valence electrons. The first-order valence-corrected chi connectivity index (χ1v) is 17.6. The minimum atomic E-state index is -0.103. The molecule has 0 saturated heterocycles. The second-order valence-corrected chi connectivity index (χ2v) is 13.5. The van der Waals surface area contributed by atoms with Crippen molar-refractivity contribution in [2.24, 2.45) is 11.7 Å². The molecule has 3 N–H and O–H groups in total. The van der Waals surface area contributed by atoms with Crippen LogP contribution in [-0.2, 0) is 13.2 Å². The molecule has 0 spiro atoms. The van der Waals surface area contributed by atoms with Crippen LogP contribution in [0.5, 0.6) is 11.5 Å². The summed E-state index contributed by atoms with van der Waals surface area (Å²) in [6, 6.07) is 28.8. The average Bonchev–Trinajstić information content (AvgIpc) is 3.80. The fourth-order valence-corrected chi connectivity index (χ4v) is 6.57. The number of fused-ring (bicyclic) bond motifs is 2. The van der Waals surface area contributed by atoms with Crippen LogP contribution < -0.4 is 20.5 Å². The lowest BCUT2D eigenvalue weighted by atomic mass is 9.92. The molecule has 0 aliphatic rings. The number of hydrogen-bond donors (Lipinski definition) is 2. The number of thiophene rings is 1. The SMILES string of the molecule is CC(C)CCOc1ccc2ccccc2c1-c1c(OCc2cn(C[C@@H](CCCCN)NC(=O)c3cccs3)nn2)ccc2ccccc12. The first-order valence-electron chi connectivity index (χ1n) is 16.7. The van der Waals surface area contributed by atoms with Crippen molar-refractivity contribution < 1.29 is 14.3 Å². The summed E-state index contributed by atoms with van der Waals surface area (Å²) in [7, 11) is 0. The molecule has 0 aliphatic heterocycles. The summed E-state index contributed by atoms with van der Waals surface area (Å²) in [6.07, 6.45) is 5.47. The van der Waals surface area contributed by atoms with Gasteiger partial charge in [0.2, 0.25) is 0 Å². The van der Waals surface area contributed by atoms with Gasteiger partial charge in [-0.15, -0.1) is 16.4 Å². The molecule has 6 rings (SSSR count). The zero-order valence-corrected chi connectivity index (χ0v) is 28.4. The maximum atomic E-state index is 12.8. The van der Waals surface area contributed by atoms with Crippen molar-refractivity contribution >= 4 is 38.8 Å². The van der Waals surface area contributed by atoms with E-state index in [4.69, 9.17) is 15.2 Å². The second kappa shape index (κ2) is 15.9. The largest absolute Gasteiger partial charge is 0.493 e. The summed E-state index contributed by atoms with van der Waals surface area (Å²) in [4.78, 5) is 13.5. The zero-order chi connectivity index (χ0) is 33.3. The van der Waals surface area contributed by atoms with Gasteiger partial charge in [0.25, 0.3) is 5.91 Å². The number of aromatic nitrogens is 3. The van der Waals surface area contributed by atoms with Crippen molar-refractivity contribution in [3.05, 3.63) is 107 Å². The number of carbonyl (C=O) groups excluding carboxylic acids is 1. The standard InChI is InChI=1S/C39H43N5O3S/c1-27(2)20-22-46-34-18-16-28-10-3-5-13-32(28)37(34)38-33-14-6-4-11-29(33)17-19-35(38)47-26-31-25-44(43-42-31)24-30(12-7-8-21-40)41-39(45)36-15-9-23-48-36/h3-6,9-11,13-19,23,25,27,30H,7-8,12,20-22,24,26,40H2,1-2H3,(H,41,45)/t30-/m1/s1. The Kier molecular flexibility index (Phi) is 11.0. The number of carbonyl (C=O) groups is 1. The van der Waals surface area contributed by atoms with Crippen molar-refractivity contribution in [3.8, 4) is 22.6 Å². The van der Waals surface area contributed by atoms with Crippen molar-refractivity contribution in [3.63, 3.8) is 0 Å². The Balaban J connectivity index is 1.27. The van der Waals surface area contributed by atoms with Gasteiger partial charge in [-0.2, -0.15) is 0 Å². The predicted molar refractivity (Wildman–Crippen MR) is 195 cm³/mol. The van der Waals surface area contributed by atoms with Gasteiger partial charge in [-0.05, 0) is 76.8 Å². The number of nitrogens with one attached hydrogen (secondary N) is 1. The molecule has 0 saturated carbocycles. The predicted octanol–water partition coefficient (Wildman–Crippen LogP) is 8.24. The van der Waals surface area contributed by atoms with Crippen molar-refractivity contribution in [1.82, 2.24) is 20.3 Å². The van der Waals surface area contributed by atoms with Gasteiger partial charge >= 0.3 is 0 Å². The summed E-state index contributed by atoms with van der Waals surface area (Å²) in [6.45, 7) is 6.41. The van der Waals surface area contributed by atoms with E-state index in [1.807, 2.05) is 29.8 Å². The number of benzene rings is 4. The van der Waals surface area contributed by atoms with E-state index in [0.29, 0.717) is 36.2 Å². The van der Waals surface area contributed by atoms with Crippen LogP contribution in [-0.4, -0.2) is 40.1 Å². The van der Waals surface area contributed by atoms with Gasteiger partial charge in [-0.25, -0.2) is 0 Å². The Bertz CT molecular complexity index is 1950. The molecule has 4 aromatic carbocycles. The lowest BCUT2D eigenvalue weighted by Gasteiger charge is -2.20. The highest BCUT2D eigenvalue weighted by Gasteiger charge is 2.20. The lowest BCUT2D eigenvalue weighted by Crippen LogP contribution is -2.38. The molecule has 2 heterocycles.